The third-order valence-electron chi connectivity index (χ3n) is 13.5. The van der Waals surface area contributed by atoms with Crippen molar-refractivity contribution in [1.82, 2.24) is 19.5 Å². The first-order chi connectivity index (χ1) is 32.7. The van der Waals surface area contributed by atoms with Crippen LogP contribution < -0.4 is 0 Å². The molecular formula is C62H40N4. The van der Waals surface area contributed by atoms with Gasteiger partial charge >= 0.3 is 0 Å². The first kappa shape index (κ1) is 37.8. The zero-order chi connectivity index (χ0) is 43.6. The van der Waals surface area contributed by atoms with E-state index >= 15 is 0 Å². The lowest BCUT2D eigenvalue weighted by Gasteiger charge is -2.35. The molecular weight excluding hydrogens is 801 g/mol. The summed E-state index contributed by atoms with van der Waals surface area (Å²) in [5.41, 5.74) is 15.5. The molecule has 0 unspecified atom stereocenters. The number of fused-ring (bicyclic) bond motifs is 8. The lowest BCUT2D eigenvalue weighted by Crippen LogP contribution is -2.28. The average Bonchev–Trinajstić information content (AvgIpc) is 3.91. The quantitative estimate of drug-likeness (QED) is 0.161. The molecule has 0 bridgehead atoms. The van der Waals surface area contributed by atoms with E-state index in [2.05, 4.69) is 229 Å². The van der Waals surface area contributed by atoms with E-state index in [-0.39, 0.29) is 0 Å². The van der Waals surface area contributed by atoms with Gasteiger partial charge in [0.05, 0.1) is 16.4 Å². The number of hydrogen-bond donors (Lipinski definition) is 0. The summed E-state index contributed by atoms with van der Waals surface area (Å²) >= 11 is 0. The Bertz CT molecular complexity index is 3710. The molecule has 0 amide bonds. The van der Waals surface area contributed by atoms with E-state index in [1.807, 2.05) is 18.2 Å². The second kappa shape index (κ2) is 15.2. The first-order valence-corrected chi connectivity index (χ1v) is 22.5. The summed E-state index contributed by atoms with van der Waals surface area (Å²) in [4.78, 5) is 15.6. The van der Waals surface area contributed by atoms with Crippen molar-refractivity contribution in [3.05, 3.63) is 265 Å². The van der Waals surface area contributed by atoms with Gasteiger partial charge in [-0.2, -0.15) is 0 Å². The Balaban J connectivity index is 0.994. The van der Waals surface area contributed by atoms with Crippen molar-refractivity contribution < 1.29 is 0 Å². The average molecular weight is 841 g/mol. The summed E-state index contributed by atoms with van der Waals surface area (Å²) < 4.78 is 2.33. The van der Waals surface area contributed by atoms with Gasteiger partial charge in [-0.25, -0.2) is 15.0 Å². The van der Waals surface area contributed by atoms with Crippen LogP contribution in [0.15, 0.2) is 243 Å². The smallest absolute Gasteiger partial charge is 0.164 e. The van der Waals surface area contributed by atoms with Crippen LogP contribution in [0, 0.1) is 0 Å². The number of rotatable bonds is 7. The molecule has 4 heteroatoms. The molecule has 0 saturated heterocycles. The Morgan fingerprint density at radius 1 is 0.333 bits per heavy atom. The number of nitrogens with zero attached hydrogens (tertiary/aromatic N) is 4. The van der Waals surface area contributed by atoms with E-state index in [1.165, 1.54) is 71.5 Å². The molecule has 13 rings (SSSR count). The molecule has 2 heterocycles. The summed E-state index contributed by atoms with van der Waals surface area (Å²) in [6, 6.07) is 87.1. The Morgan fingerprint density at radius 2 is 0.818 bits per heavy atom. The standard InChI is InChI=1S/C62H40N4/c1-4-19-41(20-5-1)59-63-60(42-35-37-48(38-36-42)66-55-33-16-13-29-50(55)51-30-14-17-34-56(51)66)65-61(64-59)45-23-18-22-43(39-45)53-40-44-21-10-11-28-49(44)58-57(53)52-31-12-15-32-54(52)62(58,46-24-6-2-7-25-46)47-26-8-3-9-27-47/h1-40H. The summed E-state index contributed by atoms with van der Waals surface area (Å²) in [6.07, 6.45) is 0. The van der Waals surface area contributed by atoms with Crippen LogP contribution in [-0.2, 0) is 5.41 Å². The van der Waals surface area contributed by atoms with Crippen molar-refractivity contribution in [2.45, 2.75) is 5.41 Å². The van der Waals surface area contributed by atoms with Gasteiger partial charge in [0, 0.05) is 33.2 Å². The molecule has 0 fully saturated rings. The molecule has 4 nitrogen and oxygen atoms in total. The van der Waals surface area contributed by atoms with Crippen molar-refractivity contribution in [2.75, 3.05) is 0 Å². The largest absolute Gasteiger partial charge is 0.309 e. The van der Waals surface area contributed by atoms with Gasteiger partial charge in [0.1, 0.15) is 0 Å². The maximum Gasteiger partial charge on any atom is 0.164 e. The van der Waals surface area contributed by atoms with Crippen molar-refractivity contribution >= 4 is 32.6 Å². The fourth-order valence-electron chi connectivity index (χ4n) is 10.7. The zero-order valence-electron chi connectivity index (χ0n) is 35.9. The van der Waals surface area contributed by atoms with Gasteiger partial charge in [-0.3, -0.25) is 0 Å². The minimum absolute atomic E-state index is 0.549. The van der Waals surface area contributed by atoms with E-state index in [4.69, 9.17) is 15.0 Å². The second-order valence-electron chi connectivity index (χ2n) is 17.1. The monoisotopic (exact) mass is 840 g/mol. The van der Waals surface area contributed by atoms with Crippen LogP contribution in [0.1, 0.15) is 22.3 Å². The molecule has 0 atom stereocenters. The highest BCUT2D eigenvalue weighted by molar-refractivity contribution is 6.09. The third-order valence-corrected chi connectivity index (χ3v) is 13.5. The molecule has 0 N–H and O–H groups in total. The van der Waals surface area contributed by atoms with Crippen LogP contribution in [0.3, 0.4) is 0 Å². The third kappa shape index (κ3) is 5.82. The van der Waals surface area contributed by atoms with E-state index in [1.54, 1.807) is 0 Å². The SMILES string of the molecule is c1ccc(-c2nc(-c3ccc(-n4c5ccccc5c5ccccc54)cc3)nc(-c3cccc(-c4cc5ccccc5c5c4-c4ccccc4C5(c4ccccc4)c4ccccc4)c3)n2)cc1. The van der Waals surface area contributed by atoms with Crippen LogP contribution in [0.4, 0.5) is 0 Å². The van der Waals surface area contributed by atoms with Gasteiger partial charge in [-0.05, 0) is 104 Å². The van der Waals surface area contributed by atoms with Gasteiger partial charge in [0.25, 0.3) is 0 Å². The number of aromatic nitrogens is 4. The number of hydrogen-bond acceptors (Lipinski definition) is 3. The number of benzene rings is 10. The van der Waals surface area contributed by atoms with Crippen molar-refractivity contribution in [2.24, 2.45) is 0 Å². The lowest BCUT2D eigenvalue weighted by atomic mass is 9.66. The lowest BCUT2D eigenvalue weighted by molar-refractivity contribution is 0.775. The topological polar surface area (TPSA) is 43.6 Å². The van der Waals surface area contributed by atoms with Crippen molar-refractivity contribution in [3.8, 4) is 62.1 Å². The summed E-state index contributed by atoms with van der Waals surface area (Å²) in [5.74, 6) is 1.87. The Kier molecular flexibility index (Phi) is 8.72. The van der Waals surface area contributed by atoms with Crippen molar-refractivity contribution in [1.29, 1.82) is 0 Å². The Labute approximate surface area is 382 Å². The van der Waals surface area contributed by atoms with Crippen LogP contribution in [0.2, 0.25) is 0 Å². The molecule has 1 aliphatic rings. The highest BCUT2D eigenvalue weighted by Crippen LogP contribution is 2.60. The Hall–Kier alpha value is -8.73. The summed E-state index contributed by atoms with van der Waals surface area (Å²) in [7, 11) is 0. The van der Waals surface area contributed by atoms with Crippen LogP contribution >= 0.6 is 0 Å². The van der Waals surface area contributed by atoms with E-state index in [9.17, 15) is 0 Å². The molecule has 308 valence electrons. The molecule has 0 radical (unpaired) electrons. The predicted octanol–water partition coefficient (Wildman–Crippen LogP) is 15.2. The van der Waals surface area contributed by atoms with Crippen LogP contribution in [-0.4, -0.2) is 19.5 Å². The van der Waals surface area contributed by atoms with Gasteiger partial charge in [-0.1, -0.05) is 194 Å². The zero-order valence-corrected chi connectivity index (χ0v) is 35.9. The molecule has 0 saturated carbocycles. The van der Waals surface area contributed by atoms with Gasteiger partial charge < -0.3 is 4.57 Å². The molecule has 0 spiro atoms. The van der Waals surface area contributed by atoms with Crippen molar-refractivity contribution in [3.63, 3.8) is 0 Å². The highest BCUT2D eigenvalue weighted by Gasteiger charge is 2.48. The van der Waals surface area contributed by atoms with Crippen LogP contribution in [0.25, 0.3) is 94.7 Å². The molecule has 2 aromatic heterocycles. The van der Waals surface area contributed by atoms with E-state index in [0.717, 1.165) is 27.9 Å². The fourth-order valence-corrected chi connectivity index (χ4v) is 10.7. The summed E-state index contributed by atoms with van der Waals surface area (Å²) in [6.45, 7) is 0. The van der Waals surface area contributed by atoms with Crippen LogP contribution in [0.5, 0.6) is 0 Å². The Morgan fingerprint density at radius 3 is 1.47 bits per heavy atom. The fraction of sp³-hybridized carbons (Fsp3) is 0.0161. The molecule has 10 aromatic carbocycles. The predicted molar refractivity (Wildman–Crippen MR) is 271 cm³/mol. The molecule has 12 aromatic rings. The molecule has 1 aliphatic carbocycles. The second-order valence-corrected chi connectivity index (χ2v) is 17.1. The minimum Gasteiger partial charge on any atom is -0.309 e. The van der Waals surface area contributed by atoms with E-state index < -0.39 is 5.41 Å². The normalized spacial score (nSPS) is 12.7. The molecule has 66 heavy (non-hydrogen) atoms. The van der Waals surface area contributed by atoms with E-state index in [0.29, 0.717) is 17.5 Å². The van der Waals surface area contributed by atoms with Gasteiger partial charge in [-0.15, -0.1) is 0 Å². The maximum atomic E-state index is 5.26. The molecule has 0 aliphatic heterocycles. The first-order valence-electron chi connectivity index (χ1n) is 22.5. The van der Waals surface area contributed by atoms with Gasteiger partial charge in [0.2, 0.25) is 0 Å². The minimum atomic E-state index is -0.549. The van der Waals surface area contributed by atoms with Gasteiger partial charge in [0.15, 0.2) is 17.5 Å². The maximum absolute atomic E-state index is 5.26. The highest BCUT2D eigenvalue weighted by atomic mass is 15.0. The number of para-hydroxylation sites is 2. The summed E-state index contributed by atoms with van der Waals surface area (Å²) in [5, 5.41) is 4.91.